The van der Waals surface area contributed by atoms with Gasteiger partial charge in [0, 0.05) is 44.5 Å². The zero-order valence-electron chi connectivity index (χ0n) is 18.1. The molecule has 1 N–H and O–H groups in total. The zero-order valence-corrected chi connectivity index (χ0v) is 18.1. The molecule has 1 heterocycles. The Morgan fingerprint density at radius 3 is 2.39 bits per heavy atom. The number of halogens is 3. The summed E-state index contributed by atoms with van der Waals surface area (Å²) in [5.41, 5.74) is 0.489. The third-order valence-corrected chi connectivity index (χ3v) is 4.90. The summed E-state index contributed by atoms with van der Waals surface area (Å²) in [5.74, 6) is 0.196. The summed E-state index contributed by atoms with van der Waals surface area (Å²) in [5, 5.41) is 2.63. The number of likely N-dealkylation sites (tertiary alicyclic amines) is 1. The summed E-state index contributed by atoms with van der Waals surface area (Å²) in [6.45, 7) is 2.99. The van der Waals surface area contributed by atoms with Crippen molar-refractivity contribution in [3.05, 3.63) is 54.1 Å². The molecule has 3 rings (SSSR count). The normalized spacial score (nSPS) is 14.5. The minimum absolute atomic E-state index is 0.138. The van der Waals surface area contributed by atoms with Gasteiger partial charge in [0.25, 0.3) is 5.91 Å². The lowest BCUT2D eigenvalue weighted by Crippen LogP contribution is -2.41. The van der Waals surface area contributed by atoms with Gasteiger partial charge in [-0.3, -0.25) is 9.59 Å². The van der Waals surface area contributed by atoms with Gasteiger partial charge in [0.15, 0.2) is 0 Å². The van der Waals surface area contributed by atoms with Crippen molar-refractivity contribution in [3.63, 3.8) is 0 Å². The molecule has 0 aliphatic carbocycles. The minimum Gasteiger partial charge on any atom is -0.492 e. The first-order valence-electron chi connectivity index (χ1n) is 10.5. The van der Waals surface area contributed by atoms with Crippen molar-refractivity contribution >= 4 is 11.8 Å². The number of carbonyl (C=O) groups excluding carboxylic acids is 2. The summed E-state index contributed by atoms with van der Waals surface area (Å²) < 4.78 is 52.5. The van der Waals surface area contributed by atoms with E-state index < -0.39 is 6.36 Å². The number of ether oxygens (including phenoxy) is 3. The van der Waals surface area contributed by atoms with Crippen molar-refractivity contribution in [2.45, 2.75) is 32.2 Å². The molecule has 0 radical (unpaired) electrons. The summed E-state index contributed by atoms with van der Waals surface area (Å²) in [4.78, 5) is 25.5. The van der Waals surface area contributed by atoms with Crippen LogP contribution in [0.15, 0.2) is 48.5 Å². The van der Waals surface area contributed by atoms with Crippen LogP contribution in [0.3, 0.4) is 0 Å². The first-order chi connectivity index (χ1) is 15.7. The second kappa shape index (κ2) is 10.9. The summed E-state index contributed by atoms with van der Waals surface area (Å²) in [6.07, 6.45) is -3.90. The van der Waals surface area contributed by atoms with E-state index in [4.69, 9.17) is 9.47 Å². The smallest absolute Gasteiger partial charge is 0.492 e. The Kier molecular flexibility index (Phi) is 8.02. The van der Waals surface area contributed by atoms with Gasteiger partial charge in [0.2, 0.25) is 5.91 Å². The average molecular weight is 466 g/mol. The van der Waals surface area contributed by atoms with E-state index in [0.29, 0.717) is 43.8 Å². The van der Waals surface area contributed by atoms with Crippen LogP contribution in [0, 0.1) is 0 Å². The lowest BCUT2D eigenvalue weighted by Gasteiger charge is -2.32. The molecule has 2 aromatic rings. The van der Waals surface area contributed by atoms with E-state index >= 15 is 0 Å². The van der Waals surface area contributed by atoms with Crippen molar-refractivity contribution in [1.29, 1.82) is 0 Å². The number of carbonyl (C=O) groups is 2. The average Bonchev–Trinajstić information content (AvgIpc) is 2.76. The standard InChI is InChI=1S/C23H25F3N2O5/c1-16(29)27-10-13-31-19-5-2-4-17(14-19)22(30)28-11-8-18(9-12-28)32-20-6-3-7-21(15-20)33-23(24,25)26/h2-7,14-15,18H,8-13H2,1H3,(H,27,29). The van der Waals surface area contributed by atoms with Crippen molar-refractivity contribution in [2.75, 3.05) is 26.2 Å². The molecule has 0 saturated carbocycles. The molecule has 0 bridgehead atoms. The monoisotopic (exact) mass is 466 g/mol. The SMILES string of the molecule is CC(=O)NCCOc1cccc(C(=O)N2CCC(Oc3cccc(OC(F)(F)F)c3)CC2)c1. The van der Waals surface area contributed by atoms with Gasteiger partial charge in [0.1, 0.15) is 30.0 Å². The molecule has 1 saturated heterocycles. The molecule has 0 atom stereocenters. The van der Waals surface area contributed by atoms with Crippen molar-refractivity contribution in [2.24, 2.45) is 0 Å². The molecular formula is C23H25F3N2O5. The number of rotatable bonds is 8. The number of hydrogen-bond acceptors (Lipinski definition) is 5. The Balaban J connectivity index is 1.50. The van der Waals surface area contributed by atoms with E-state index in [2.05, 4.69) is 10.1 Å². The quantitative estimate of drug-likeness (QED) is 0.600. The van der Waals surface area contributed by atoms with Gasteiger partial charge in [-0.1, -0.05) is 12.1 Å². The molecule has 0 spiro atoms. The van der Waals surface area contributed by atoms with Gasteiger partial charge in [-0.25, -0.2) is 0 Å². The molecular weight excluding hydrogens is 441 g/mol. The van der Waals surface area contributed by atoms with Crippen LogP contribution in [0.25, 0.3) is 0 Å². The first-order valence-corrected chi connectivity index (χ1v) is 10.5. The number of nitrogens with one attached hydrogen (secondary N) is 1. The number of piperidine rings is 1. The molecule has 7 nitrogen and oxygen atoms in total. The van der Waals surface area contributed by atoms with Gasteiger partial charge in [-0.15, -0.1) is 13.2 Å². The second-order valence-corrected chi connectivity index (χ2v) is 7.49. The highest BCUT2D eigenvalue weighted by atomic mass is 19.4. The fourth-order valence-corrected chi connectivity index (χ4v) is 3.41. The topological polar surface area (TPSA) is 77.1 Å². The Hall–Kier alpha value is -3.43. The molecule has 2 aromatic carbocycles. The maximum absolute atomic E-state index is 12.9. The number of hydrogen-bond donors (Lipinski definition) is 1. The lowest BCUT2D eigenvalue weighted by molar-refractivity contribution is -0.274. The van der Waals surface area contributed by atoms with E-state index in [0.717, 1.165) is 0 Å². The van der Waals surface area contributed by atoms with Crippen LogP contribution >= 0.6 is 0 Å². The van der Waals surface area contributed by atoms with Crippen LogP contribution < -0.4 is 19.5 Å². The Bertz CT molecular complexity index is 959. The highest BCUT2D eigenvalue weighted by molar-refractivity contribution is 5.94. The van der Waals surface area contributed by atoms with Gasteiger partial charge >= 0.3 is 6.36 Å². The number of nitrogens with zero attached hydrogens (tertiary/aromatic N) is 1. The minimum atomic E-state index is -4.77. The summed E-state index contributed by atoms with van der Waals surface area (Å²) in [6, 6.07) is 12.2. The molecule has 1 aliphatic rings. The first kappa shape index (κ1) is 24.2. The van der Waals surface area contributed by atoms with E-state index in [1.54, 1.807) is 35.2 Å². The Morgan fingerprint density at radius 1 is 1.03 bits per heavy atom. The third kappa shape index (κ3) is 7.89. The van der Waals surface area contributed by atoms with Gasteiger partial charge in [-0.05, 0) is 30.3 Å². The van der Waals surface area contributed by atoms with Gasteiger partial charge in [0.05, 0.1) is 6.54 Å². The van der Waals surface area contributed by atoms with Crippen molar-refractivity contribution in [3.8, 4) is 17.2 Å². The van der Waals surface area contributed by atoms with Crippen molar-refractivity contribution in [1.82, 2.24) is 10.2 Å². The molecule has 2 amide bonds. The third-order valence-electron chi connectivity index (χ3n) is 4.90. The second-order valence-electron chi connectivity index (χ2n) is 7.49. The van der Waals surface area contributed by atoms with Crippen LogP contribution in [0.5, 0.6) is 17.2 Å². The van der Waals surface area contributed by atoms with Gasteiger partial charge in [-0.2, -0.15) is 0 Å². The molecule has 10 heteroatoms. The molecule has 1 aliphatic heterocycles. The molecule has 178 valence electrons. The maximum Gasteiger partial charge on any atom is 0.573 e. The zero-order chi connectivity index (χ0) is 23.8. The Morgan fingerprint density at radius 2 is 1.70 bits per heavy atom. The summed E-state index contributed by atoms with van der Waals surface area (Å²) in [7, 11) is 0. The lowest BCUT2D eigenvalue weighted by atomic mass is 10.1. The van der Waals surface area contributed by atoms with E-state index in [9.17, 15) is 22.8 Å². The highest BCUT2D eigenvalue weighted by Gasteiger charge is 2.31. The predicted octanol–water partition coefficient (Wildman–Crippen LogP) is 3.78. The summed E-state index contributed by atoms with van der Waals surface area (Å²) >= 11 is 0. The number of benzene rings is 2. The van der Waals surface area contributed by atoms with Gasteiger partial charge < -0.3 is 24.4 Å². The fraction of sp³-hybridized carbons (Fsp3) is 0.391. The van der Waals surface area contributed by atoms with Crippen LogP contribution in [0.1, 0.15) is 30.1 Å². The predicted molar refractivity (Wildman–Crippen MR) is 113 cm³/mol. The molecule has 33 heavy (non-hydrogen) atoms. The van der Waals surface area contributed by atoms with E-state index in [1.165, 1.54) is 25.1 Å². The van der Waals surface area contributed by atoms with Crippen LogP contribution in [-0.2, 0) is 4.79 Å². The van der Waals surface area contributed by atoms with E-state index in [1.807, 2.05) is 0 Å². The molecule has 1 fully saturated rings. The number of alkyl halides is 3. The van der Waals surface area contributed by atoms with E-state index in [-0.39, 0.29) is 36.0 Å². The maximum atomic E-state index is 12.9. The molecule has 0 unspecified atom stereocenters. The van der Waals surface area contributed by atoms with Crippen LogP contribution in [0.2, 0.25) is 0 Å². The Labute approximate surface area is 189 Å². The molecule has 0 aromatic heterocycles. The largest absolute Gasteiger partial charge is 0.573 e. The fourth-order valence-electron chi connectivity index (χ4n) is 3.41. The van der Waals surface area contributed by atoms with Crippen LogP contribution in [-0.4, -0.2) is 55.4 Å². The number of amides is 2. The highest BCUT2D eigenvalue weighted by Crippen LogP contribution is 2.28. The van der Waals surface area contributed by atoms with Crippen LogP contribution in [0.4, 0.5) is 13.2 Å². The van der Waals surface area contributed by atoms with Crippen molar-refractivity contribution < 1.29 is 37.0 Å².